The van der Waals surface area contributed by atoms with Crippen molar-refractivity contribution in [2.45, 2.75) is 49.9 Å². The zero-order valence-corrected chi connectivity index (χ0v) is 9.50. The molecule has 0 amide bonds. The molecular weight excluding hydrogens is 178 g/mol. The third-order valence-electron chi connectivity index (χ3n) is 4.06. The van der Waals surface area contributed by atoms with Crippen LogP contribution in [-0.4, -0.2) is 14.8 Å². The standard InChI is InChI=1S/C9H17N3Si/c1-6(11-12-10)7-4-3-5-8-9(7)13(8)2/h6-9,13H,3-5H2,1-2H3. The molecule has 72 valence electrons. The van der Waals surface area contributed by atoms with E-state index in [0.717, 1.165) is 17.0 Å². The van der Waals surface area contributed by atoms with Crippen molar-refractivity contribution >= 4 is 8.80 Å². The van der Waals surface area contributed by atoms with Gasteiger partial charge in [0.2, 0.25) is 0 Å². The summed E-state index contributed by atoms with van der Waals surface area (Å²) in [5.41, 5.74) is 10.5. The van der Waals surface area contributed by atoms with Crippen molar-refractivity contribution < 1.29 is 0 Å². The van der Waals surface area contributed by atoms with Crippen LogP contribution in [0.25, 0.3) is 10.4 Å². The number of azide groups is 1. The predicted octanol–water partition coefficient (Wildman–Crippen LogP) is 3.10. The van der Waals surface area contributed by atoms with Gasteiger partial charge in [0, 0.05) is 19.8 Å². The lowest BCUT2D eigenvalue weighted by Crippen LogP contribution is -2.17. The second-order valence-electron chi connectivity index (χ2n) is 4.64. The Morgan fingerprint density at radius 3 is 3.00 bits per heavy atom. The predicted molar refractivity (Wildman–Crippen MR) is 56.5 cm³/mol. The molecule has 0 spiro atoms. The molecule has 0 aromatic rings. The van der Waals surface area contributed by atoms with Gasteiger partial charge in [-0.1, -0.05) is 37.8 Å². The molecule has 0 aromatic heterocycles. The molecule has 1 saturated heterocycles. The Balaban J connectivity index is 2.02. The van der Waals surface area contributed by atoms with Crippen LogP contribution in [0.4, 0.5) is 0 Å². The van der Waals surface area contributed by atoms with Crippen LogP contribution in [0.2, 0.25) is 17.6 Å². The summed E-state index contributed by atoms with van der Waals surface area (Å²) in [4.78, 5) is 2.93. The highest BCUT2D eigenvalue weighted by Gasteiger charge is 2.54. The summed E-state index contributed by atoms with van der Waals surface area (Å²) in [6, 6.07) is 0.246. The van der Waals surface area contributed by atoms with Gasteiger partial charge in [-0.3, -0.25) is 0 Å². The minimum absolute atomic E-state index is 0.246. The fourth-order valence-corrected chi connectivity index (χ4v) is 7.61. The number of rotatable bonds is 2. The van der Waals surface area contributed by atoms with E-state index in [1.165, 1.54) is 19.3 Å². The van der Waals surface area contributed by atoms with Crippen molar-refractivity contribution in [3.63, 3.8) is 0 Å². The van der Waals surface area contributed by atoms with Crippen molar-refractivity contribution in [1.29, 1.82) is 0 Å². The first-order chi connectivity index (χ1) is 6.25. The van der Waals surface area contributed by atoms with E-state index in [2.05, 4.69) is 23.5 Å². The third-order valence-corrected chi connectivity index (χ3v) is 7.89. The van der Waals surface area contributed by atoms with Gasteiger partial charge in [0.15, 0.2) is 0 Å². The largest absolute Gasteiger partial charge is 0.0906 e. The van der Waals surface area contributed by atoms with Gasteiger partial charge in [-0.05, 0) is 22.5 Å². The summed E-state index contributed by atoms with van der Waals surface area (Å²) in [6.07, 6.45) is 4.14. The maximum Gasteiger partial charge on any atom is 0.0401 e. The molecule has 0 bridgehead atoms. The van der Waals surface area contributed by atoms with E-state index in [9.17, 15) is 0 Å². The molecule has 2 aliphatic rings. The van der Waals surface area contributed by atoms with Crippen LogP contribution in [0.5, 0.6) is 0 Å². The molecule has 1 saturated carbocycles. The van der Waals surface area contributed by atoms with E-state index >= 15 is 0 Å². The Kier molecular flexibility index (Phi) is 2.34. The minimum atomic E-state index is -0.379. The first-order valence-electron chi connectivity index (χ1n) is 5.30. The molecule has 13 heavy (non-hydrogen) atoms. The highest BCUT2D eigenvalue weighted by atomic mass is 28.3. The molecule has 5 unspecified atom stereocenters. The van der Waals surface area contributed by atoms with Gasteiger partial charge in [0.1, 0.15) is 0 Å². The third kappa shape index (κ3) is 1.49. The van der Waals surface area contributed by atoms with Gasteiger partial charge >= 0.3 is 0 Å². The van der Waals surface area contributed by atoms with Crippen LogP contribution in [-0.2, 0) is 0 Å². The quantitative estimate of drug-likeness (QED) is 0.281. The van der Waals surface area contributed by atoms with Crippen molar-refractivity contribution in [1.82, 2.24) is 0 Å². The number of fused-ring (bicyclic) bond motifs is 1. The van der Waals surface area contributed by atoms with E-state index in [-0.39, 0.29) is 14.8 Å². The van der Waals surface area contributed by atoms with Gasteiger partial charge < -0.3 is 0 Å². The summed E-state index contributed by atoms with van der Waals surface area (Å²) in [5, 5.41) is 3.86. The SMILES string of the molecule is CC(N=[N+]=[N-])C1CCCC2C1[SiH]2C. The van der Waals surface area contributed by atoms with Crippen LogP contribution in [0, 0.1) is 5.92 Å². The molecule has 4 heteroatoms. The van der Waals surface area contributed by atoms with Crippen LogP contribution < -0.4 is 0 Å². The highest BCUT2D eigenvalue weighted by Crippen LogP contribution is 2.62. The van der Waals surface area contributed by atoms with Crippen LogP contribution in [0.1, 0.15) is 26.2 Å². The molecule has 0 N–H and O–H groups in total. The van der Waals surface area contributed by atoms with E-state index in [0.29, 0.717) is 0 Å². The van der Waals surface area contributed by atoms with Crippen molar-refractivity contribution in [2.24, 2.45) is 11.0 Å². The van der Waals surface area contributed by atoms with Crippen LogP contribution >= 0.6 is 0 Å². The summed E-state index contributed by atoms with van der Waals surface area (Å²) in [7, 11) is -0.379. The Labute approximate surface area is 80.8 Å². The molecule has 2 rings (SSSR count). The fourth-order valence-electron chi connectivity index (χ4n) is 3.25. The van der Waals surface area contributed by atoms with E-state index in [1.54, 1.807) is 0 Å². The molecule has 5 atom stereocenters. The molecule has 1 aliphatic carbocycles. The summed E-state index contributed by atoms with van der Waals surface area (Å²) >= 11 is 0. The normalized spacial score (nSPS) is 44.5. The molecule has 1 aliphatic heterocycles. The van der Waals surface area contributed by atoms with E-state index in [1.807, 2.05) is 0 Å². The number of nitrogens with zero attached hydrogens (tertiary/aromatic N) is 3. The smallest absolute Gasteiger partial charge is 0.0401 e. The maximum absolute atomic E-state index is 8.40. The molecule has 2 fully saturated rings. The monoisotopic (exact) mass is 195 g/mol. The molecule has 1 heterocycles. The first kappa shape index (κ1) is 9.10. The van der Waals surface area contributed by atoms with Crippen molar-refractivity contribution in [3.05, 3.63) is 10.4 Å². The lowest BCUT2D eigenvalue weighted by molar-refractivity contribution is 0.353. The molecule has 0 aromatic carbocycles. The second-order valence-corrected chi connectivity index (χ2v) is 7.98. The average molecular weight is 195 g/mol. The molecular formula is C9H17N3Si. The second kappa shape index (κ2) is 3.35. The lowest BCUT2D eigenvalue weighted by Gasteiger charge is -2.24. The van der Waals surface area contributed by atoms with Gasteiger partial charge in [0.05, 0.1) is 0 Å². The zero-order chi connectivity index (χ0) is 9.42. The minimum Gasteiger partial charge on any atom is -0.0906 e. The maximum atomic E-state index is 8.40. The summed E-state index contributed by atoms with van der Waals surface area (Å²) in [5.74, 6) is 0.733. The first-order valence-corrected chi connectivity index (χ1v) is 7.78. The van der Waals surface area contributed by atoms with Gasteiger partial charge in [-0.25, -0.2) is 0 Å². The number of hydrogen-bond acceptors (Lipinski definition) is 1. The van der Waals surface area contributed by atoms with Gasteiger partial charge in [-0.2, -0.15) is 0 Å². The number of hydrogen-bond donors (Lipinski definition) is 0. The van der Waals surface area contributed by atoms with Gasteiger partial charge in [-0.15, -0.1) is 0 Å². The van der Waals surface area contributed by atoms with Gasteiger partial charge in [0.25, 0.3) is 0 Å². The average Bonchev–Trinajstić information content (AvgIpc) is 2.78. The zero-order valence-electron chi connectivity index (χ0n) is 8.35. The topological polar surface area (TPSA) is 48.8 Å². The molecule has 0 radical (unpaired) electrons. The van der Waals surface area contributed by atoms with Crippen LogP contribution in [0.15, 0.2) is 5.11 Å². The van der Waals surface area contributed by atoms with E-state index < -0.39 is 0 Å². The summed E-state index contributed by atoms with van der Waals surface area (Å²) < 4.78 is 0. The Bertz CT molecular complexity index is 249. The molecule has 3 nitrogen and oxygen atoms in total. The fraction of sp³-hybridized carbons (Fsp3) is 1.00. The lowest BCUT2D eigenvalue weighted by atomic mass is 9.85. The Morgan fingerprint density at radius 2 is 2.31 bits per heavy atom. The Hall–Kier alpha value is -0.473. The van der Waals surface area contributed by atoms with Crippen molar-refractivity contribution in [2.75, 3.05) is 0 Å². The highest BCUT2D eigenvalue weighted by molar-refractivity contribution is 6.73. The Morgan fingerprint density at radius 1 is 1.54 bits per heavy atom. The summed E-state index contributed by atoms with van der Waals surface area (Å²) in [6.45, 7) is 4.57. The van der Waals surface area contributed by atoms with E-state index in [4.69, 9.17) is 5.53 Å². The van der Waals surface area contributed by atoms with Crippen LogP contribution in [0.3, 0.4) is 0 Å². The van der Waals surface area contributed by atoms with Crippen molar-refractivity contribution in [3.8, 4) is 0 Å².